The van der Waals surface area contributed by atoms with Crippen LogP contribution in [0, 0.1) is 0 Å². The molecule has 7 heteroatoms. The summed E-state index contributed by atoms with van der Waals surface area (Å²) < 4.78 is 33.4. The number of carbonyl (C=O) groups is 1. The molecule has 2 aromatic rings. The van der Waals surface area contributed by atoms with Crippen molar-refractivity contribution in [2.45, 2.75) is 24.1 Å². The number of fused-ring (bicyclic) bond motifs is 2. The molecule has 2 aliphatic heterocycles. The van der Waals surface area contributed by atoms with Crippen molar-refractivity contribution in [3.05, 3.63) is 64.7 Å². The Hall–Kier alpha value is -2.22. The van der Waals surface area contributed by atoms with Crippen LogP contribution < -0.4 is 4.72 Å². The number of sulfonamides is 1. The Kier molecular flexibility index (Phi) is 3.87. The number of likely N-dealkylation sites (N-methyl/N-ethyl adjacent to an activating group) is 1. The lowest BCUT2D eigenvalue weighted by Crippen LogP contribution is -2.40. The summed E-state index contributed by atoms with van der Waals surface area (Å²) in [4.78, 5) is 13.9. The van der Waals surface area contributed by atoms with Crippen LogP contribution in [0.15, 0.2) is 47.4 Å². The average molecular weight is 358 g/mol. The van der Waals surface area contributed by atoms with E-state index in [1.54, 1.807) is 6.07 Å². The van der Waals surface area contributed by atoms with E-state index < -0.39 is 16.0 Å². The Labute approximate surface area is 146 Å². The molecule has 0 bridgehead atoms. The fourth-order valence-corrected chi connectivity index (χ4v) is 4.63. The second-order valence-corrected chi connectivity index (χ2v) is 8.18. The number of hydrogen-bond donors (Lipinski definition) is 1. The number of esters is 1. The summed E-state index contributed by atoms with van der Waals surface area (Å²) in [6, 6.07) is 12.0. The largest absolute Gasteiger partial charge is 0.457 e. The zero-order valence-electron chi connectivity index (χ0n) is 13.7. The molecule has 0 aromatic heterocycles. The van der Waals surface area contributed by atoms with Crippen molar-refractivity contribution in [1.29, 1.82) is 0 Å². The van der Waals surface area contributed by atoms with Crippen LogP contribution in [0.1, 0.15) is 33.1 Å². The quantitative estimate of drug-likeness (QED) is 0.847. The molecule has 130 valence electrons. The maximum absolute atomic E-state index is 12.8. The van der Waals surface area contributed by atoms with Gasteiger partial charge in [-0.25, -0.2) is 17.9 Å². The maximum Gasteiger partial charge on any atom is 0.338 e. The van der Waals surface area contributed by atoms with Crippen LogP contribution in [0.25, 0.3) is 0 Å². The van der Waals surface area contributed by atoms with E-state index in [9.17, 15) is 13.2 Å². The summed E-state index contributed by atoms with van der Waals surface area (Å²) in [5, 5.41) is 0. The highest BCUT2D eigenvalue weighted by Gasteiger charge is 2.29. The van der Waals surface area contributed by atoms with E-state index in [0.717, 1.165) is 17.7 Å². The maximum atomic E-state index is 12.8. The first-order chi connectivity index (χ1) is 11.9. The summed E-state index contributed by atoms with van der Waals surface area (Å²) in [5.74, 6) is -0.477. The molecule has 0 aliphatic carbocycles. The van der Waals surface area contributed by atoms with Gasteiger partial charge in [-0.1, -0.05) is 30.3 Å². The van der Waals surface area contributed by atoms with Crippen LogP contribution in [0.5, 0.6) is 0 Å². The van der Waals surface area contributed by atoms with Gasteiger partial charge in [0.1, 0.15) is 6.61 Å². The van der Waals surface area contributed by atoms with Crippen LogP contribution in [0.4, 0.5) is 0 Å². The first kappa shape index (κ1) is 16.3. The molecule has 0 saturated heterocycles. The van der Waals surface area contributed by atoms with Gasteiger partial charge in [-0.05, 0) is 30.3 Å². The highest BCUT2D eigenvalue weighted by Crippen LogP contribution is 2.28. The zero-order valence-corrected chi connectivity index (χ0v) is 14.5. The van der Waals surface area contributed by atoms with Crippen molar-refractivity contribution in [3.63, 3.8) is 0 Å². The Morgan fingerprint density at radius 1 is 1.16 bits per heavy atom. The van der Waals surface area contributed by atoms with Crippen LogP contribution in [0.3, 0.4) is 0 Å². The lowest BCUT2D eigenvalue weighted by Gasteiger charge is -2.32. The van der Waals surface area contributed by atoms with Crippen molar-refractivity contribution < 1.29 is 17.9 Å². The van der Waals surface area contributed by atoms with Gasteiger partial charge in [0.2, 0.25) is 10.0 Å². The number of carbonyl (C=O) groups excluding carboxylic acids is 1. The van der Waals surface area contributed by atoms with E-state index in [2.05, 4.69) is 9.62 Å². The molecule has 0 radical (unpaired) electrons. The van der Waals surface area contributed by atoms with Crippen LogP contribution in [-0.2, 0) is 27.9 Å². The van der Waals surface area contributed by atoms with E-state index in [0.29, 0.717) is 17.7 Å². The second kappa shape index (κ2) is 5.94. The van der Waals surface area contributed by atoms with Gasteiger partial charge in [0.25, 0.3) is 0 Å². The molecule has 2 heterocycles. The topological polar surface area (TPSA) is 75.7 Å². The average Bonchev–Trinajstić information content (AvgIpc) is 2.95. The molecule has 25 heavy (non-hydrogen) atoms. The van der Waals surface area contributed by atoms with Crippen molar-refractivity contribution in [2.75, 3.05) is 13.6 Å². The monoisotopic (exact) mass is 358 g/mol. The first-order valence-electron chi connectivity index (χ1n) is 8.03. The third-order valence-electron chi connectivity index (χ3n) is 4.63. The fraction of sp³-hybridized carbons (Fsp3) is 0.278. The van der Waals surface area contributed by atoms with Gasteiger partial charge in [0.15, 0.2) is 0 Å². The van der Waals surface area contributed by atoms with E-state index in [1.165, 1.54) is 12.1 Å². The summed E-state index contributed by atoms with van der Waals surface area (Å²) in [7, 11) is -1.79. The predicted molar refractivity (Wildman–Crippen MR) is 91.4 cm³/mol. The standard InChI is InChI=1S/C18H18N2O4S/c1-20-9-12-4-2-3-5-15(12)17(10-20)19-25(22,23)14-7-6-13-11-24-18(21)16(13)8-14/h2-8,17,19H,9-11H2,1H3. The summed E-state index contributed by atoms with van der Waals surface area (Å²) in [6.45, 7) is 1.57. The van der Waals surface area contributed by atoms with Gasteiger partial charge in [0, 0.05) is 18.7 Å². The lowest BCUT2D eigenvalue weighted by atomic mass is 9.96. The van der Waals surface area contributed by atoms with Crippen molar-refractivity contribution in [2.24, 2.45) is 0 Å². The molecule has 1 N–H and O–H groups in total. The van der Waals surface area contributed by atoms with Crippen LogP contribution in [-0.4, -0.2) is 32.9 Å². The number of rotatable bonds is 3. The van der Waals surface area contributed by atoms with Crippen molar-refractivity contribution in [1.82, 2.24) is 9.62 Å². The molecule has 1 atom stereocenters. The first-order valence-corrected chi connectivity index (χ1v) is 9.51. The van der Waals surface area contributed by atoms with Gasteiger partial charge >= 0.3 is 5.97 Å². The third-order valence-corrected chi connectivity index (χ3v) is 6.10. The lowest BCUT2D eigenvalue weighted by molar-refractivity contribution is 0.0535. The Balaban J connectivity index is 1.67. The minimum Gasteiger partial charge on any atom is -0.457 e. The smallest absolute Gasteiger partial charge is 0.338 e. The third kappa shape index (κ3) is 2.95. The Morgan fingerprint density at radius 3 is 2.80 bits per heavy atom. The molecule has 0 spiro atoms. The number of nitrogens with one attached hydrogen (secondary N) is 1. The van der Waals surface area contributed by atoms with Gasteiger partial charge in [0.05, 0.1) is 16.5 Å². The molecule has 1 unspecified atom stereocenters. The molecule has 0 amide bonds. The number of nitrogens with zero attached hydrogens (tertiary/aromatic N) is 1. The molecule has 6 nitrogen and oxygen atoms in total. The van der Waals surface area contributed by atoms with Crippen molar-refractivity contribution in [3.8, 4) is 0 Å². The van der Waals surface area contributed by atoms with Crippen LogP contribution in [0.2, 0.25) is 0 Å². The second-order valence-electron chi connectivity index (χ2n) is 6.46. The molecule has 4 rings (SSSR count). The molecule has 0 saturated carbocycles. The van der Waals surface area contributed by atoms with Crippen molar-refractivity contribution >= 4 is 16.0 Å². The van der Waals surface area contributed by atoms with Gasteiger partial charge in [-0.15, -0.1) is 0 Å². The van der Waals surface area contributed by atoms with E-state index in [1.807, 2.05) is 31.3 Å². The molecule has 2 aliphatic rings. The fourth-order valence-electron chi connectivity index (χ4n) is 3.40. The SMILES string of the molecule is CN1Cc2ccccc2C(NS(=O)(=O)c2ccc3c(c2)C(=O)OC3)C1. The summed E-state index contributed by atoms with van der Waals surface area (Å²) in [5.41, 5.74) is 3.14. The number of benzene rings is 2. The minimum atomic E-state index is -3.76. The predicted octanol–water partition coefficient (Wildman–Crippen LogP) is 1.82. The Morgan fingerprint density at radius 2 is 1.96 bits per heavy atom. The van der Waals surface area contributed by atoms with E-state index in [4.69, 9.17) is 4.74 Å². The normalized spacial score (nSPS) is 20.0. The number of ether oxygens (including phenoxy) is 1. The highest BCUT2D eigenvalue weighted by molar-refractivity contribution is 7.89. The minimum absolute atomic E-state index is 0.0795. The van der Waals surface area contributed by atoms with Gasteiger partial charge < -0.3 is 9.64 Å². The zero-order chi connectivity index (χ0) is 17.6. The summed E-state index contributed by atoms with van der Waals surface area (Å²) in [6.07, 6.45) is 0. The highest BCUT2D eigenvalue weighted by atomic mass is 32.2. The van der Waals surface area contributed by atoms with E-state index >= 15 is 0 Å². The van der Waals surface area contributed by atoms with Gasteiger partial charge in [-0.2, -0.15) is 0 Å². The van der Waals surface area contributed by atoms with Gasteiger partial charge in [-0.3, -0.25) is 0 Å². The molecule has 2 aromatic carbocycles. The molecule has 0 fully saturated rings. The molecular formula is C18H18N2O4S. The van der Waals surface area contributed by atoms with Crippen LogP contribution >= 0.6 is 0 Å². The summed E-state index contributed by atoms with van der Waals surface area (Å²) >= 11 is 0. The number of cyclic esters (lactones) is 1. The number of hydrogen-bond acceptors (Lipinski definition) is 5. The Bertz CT molecular complexity index is 955. The van der Waals surface area contributed by atoms with E-state index in [-0.39, 0.29) is 17.5 Å². The molecular weight excluding hydrogens is 340 g/mol.